The fourth-order valence-electron chi connectivity index (χ4n) is 5.47. The second-order valence-corrected chi connectivity index (χ2v) is 10.6. The Hall–Kier alpha value is -3.92. The highest BCUT2D eigenvalue weighted by Crippen LogP contribution is 2.49. The maximum Gasteiger partial charge on any atom is 0.422 e. The van der Waals surface area contributed by atoms with Crippen LogP contribution in [0.2, 0.25) is 0 Å². The van der Waals surface area contributed by atoms with Crippen molar-refractivity contribution in [3.8, 4) is 34.0 Å². The molecular formula is C28H24F3N3O4. The summed E-state index contributed by atoms with van der Waals surface area (Å²) in [6, 6.07) is 14.0. The molecule has 1 saturated heterocycles. The molecule has 0 spiro atoms. The van der Waals surface area contributed by atoms with Crippen LogP contribution in [-0.4, -0.2) is 39.4 Å². The third-order valence-corrected chi connectivity index (χ3v) is 7.42. The molecular weight excluding hydrogens is 499 g/mol. The lowest BCUT2D eigenvalue weighted by atomic mass is 9.71. The maximum absolute atomic E-state index is 14.3. The lowest BCUT2D eigenvalue weighted by Gasteiger charge is -2.37. The average Bonchev–Trinajstić information content (AvgIpc) is 3.45. The predicted octanol–water partition coefficient (Wildman–Crippen LogP) is 6.03. The van der Waals surface area contributed by atoms with E-state index in [0.29, 0.717) is 42.9 Å². The minimum atomic E-state index is -4.73. The highest BCUT2D eigenvalue weighted by Gasteiger charge is 2.45. The van der Waals surface area contributed by atoms with Gasteiger partial charge in [-0.2, -0.15) is 13.2 Å². The van der Waals surface area contributed by atoms with Crippen LogP contribution in [0.1, 0.15) is 36.1 Å². The second kappa shape index (κ2) is 8.56. The van der Waals surface area contributed by atoms with Gasteiger partial charge in [-0.15, -0.1) is 0 Å². The Labute approximate surface area is 215 Å². The van der Waals surface area contributed by atoms with Gasteiger partial charge in [-0.3, -0.25) is 9.69 Å². The van der Waals surface area contributed by atoms with Crippen molar-refractivity contribution in [2.24, 2.45) is 5.92 Å². The van der Waals surface area contributed by atoms with Crippen LogP contribution in [0.4, 0.5) is 13.2 Å². The fourth-order valence-corrected chi connectivity index (χ4v) is 5.47. The van der Waals surface area contributed by atoms with E-state index < -0.39 is 28.9 Å². The van der Waals surface area contributed by atoms with E-state index >= 15 is 0 Å². The Balaban J connectivity index is 1.39. The molecule has 1 aliphatic heterocycles. The largest absolute Gasteiger partial charge is 0.481 e. The summed E-state index contributed by atoms with van der Waals surface area (Å²) in [5.74, 6) is -1.66. The number of hydrogen-bond donors (Lipinski definition) is 1. The zero-order valence-corrected chi connectivity index (χ0v) is 20.7. The Morgan fingerprint density at radius 3 is 2.42 bits per heavy atom. The molecule has 0 unspecified atom stereocenters. The second-order valence-electron chi connectivity index (χ2n) is 10.6. The van der Waals surface area contributed by atoms with Gasteiger partial charge in [0, 0.05) is 36.3 Å². The smallest absolute Gasteiger partial charge is 0.422 e. The number of alkyl halides is 3. The van der Waals surface area contributed by atoms with Crippen molar-refractivity contribution in [3.63, 3.8) is 0 Å². The summed E-state index contributed by atoms with van der Waals surface area (Å²) in [4.78, 5) is 13.2. The molecule has 196 valence electrons. The molecule has 2 aromatic carbocycles. The normalized spacial score (nSPS) is 17.1. The molecule has 4 aromatic rings. The number of carboxylic acids is 1. The number of nitrogens with zero attached hydrogens (tertiary/aromatic N) is 3. The first-order valence-electron chi connectivity index (χ1n) is 12.2. The molecule has 1 aliphatic carbocycles. The standard InChI is InChI=1S/C28H24F3N3O4/c1-27(2)11-19-23(18-9-8-15(10-20(18)27)12-34-13-17(14-34)26(35)36)33-37-24(19)25-21(28(29,30)31)22(32-38-25)16-6-4-3-5-7-16/h3-10,17H,11-14H2,1-2H3,(H,35,36). The third-order valence-electron chi connectivity index (χ3n) is 7.42. The molecule has 2 aromatic heterocycles. The zero-order valence-electron chi connectivity index (χ0n) is 20.7. The molecule has 3 heterocycles. The van der Waals surface area contributed by atoms with E-state index in [1.54, 1.807) is 30.3 Å². The quantitative estimate of drug-likeness (QED) is 0.341. The number of hydrogen-bond acceptors (Lipinski definition) is 6. The SMILES string of the molecule is CC1(C)Cc2c(noc2-c2onc(-c3ccccc3)c2C(F)(F)F)-c2ccc(CN3CC(C(=O)O)C3)cc21. The van der Waals surface area contributed by atoms with Crippen molar-refractivity contribution in [2.75, 3.05) is 13.1 Å². The van der Waals surface area contributed by atoms with Gasteiger partial charge in [0.1, 0.15) is 17.0 Å². The van der Waals surface area contributed by atoms with Crippen LogP contribution in [0.3, 0.4) is 0 Å². The van der Waals surface area contributed by atoms with Gasteiger partial charge >= 0.3 is 12.1 Å². The van der Waals surface area contributed by atoms with Gasteiger partial charge in [-0.1, -0.05) is 72.7 Å². The lowest BCUT2D eigenvalue weighted by Crippen LogP contribution is -2.49. The molecule has 0 atom stereocenters. The summed E-state index contributed by atoms with van der Waals surface area (Å²) in [7, 11) is 0. The van der Waals surface area contributed by atoms with Crippen molar-refractivity contribution < 1.29 is 32.1 Å². The molecule has 1 N–H and O–H groups in total. The third kappa shape index (κ3) is 3.99. The monoisotopic (exact) mass is 523 g/mol. The van der Waals surface area contributed by atoms with E-state index in [4.69, 9.17) is 14.2 Å². The number of benzene rings is 2. The summed E-state index contributed by atoms with van der Waals surface area (Å²) in [5, 5.41) is 17.1. The van der Waals surface area contributed by atoms with Crippen LogP contribution < -0.4 is 0 Å². The van der Waals surface area contributed by atoms with E-state index in [1.165, 1.54) is 0 Å². The lowest BCUT2D eigenvalue weighted by molar-refractivity contribution is -0.147. The summed E-state index contributed by atoms with van der Waals surface area (Å²) < 4.78 is 53.7. The molecule has 0 radical (unpaired) electrons. The molecule has 1 fully saturated rings. The number of fused-ring (bicyclic) bond motifs is 3. The summed E-state index contributed by atoms with van der Waals surface area (Å²) >= 11 is 0. The maximum atomic E-state index is 14.3. The summed E-state index contributed by atoms with van der Waals surface area (Å²) in [6.07, 6.45) is -4.34. The minimum absolute atomic E-state index is 0.0647. The number of aliphatic carboxylic acids is 1. The van der Waals surface area contributed by atoms with Gasteiger partial charge in [0.05, 0.1) is 5.92 Å². The molecule has 0 bridgehead atoms. The van der Waals surface area contributed by atoms with Gasteiger partial charge in [0.15, 0.2) is 0 Å². The number of aromatic nitrogens is 2. The zero-order chi connectivity index (χ0) is 26.8. The van der Waals surface area contributed by atoms with Gasteiger partial charge in [0.2, 0.25) is 11.5 Å². The van der Waals surface area contributed by atoms with Crippen molar-refractivity contribution in [1.82, 2.24) is 15.2 Å². The van der Waals surface area contributed by atoms with Crippen molar-refractivity contribution >= 4 is 5.97 Å². The highest BCUT2D eigenvalue weighted by molar-refractivity contribution is 5.80. The topological polar surface area (TPSA) is 92.6 Å². The van der Waals surface area contributed by atoms with E-state index in [-0.39, 0.29) is 17.4 Å². The first-order valence-corrected chi connectivity index (χ1v) is 12.2. The van der Waals surface area contributed by atoms with Gasteiger partial charge < -0.3 is 14.2 Å². The first-order chi connectivity index (χ1) is 18.0. The van der Waals surface area contributed by atoms with E-state index in [1.807, 2.05) is 26.0 Å². The van der Waals surface area contributed by atoms with Crippen molar-refractivity contribution in [1.29, 1.82) is 0 Å². The molecule has 38 heavy (non-hydrogen) atoms. The van der Waals surface area contributed by atoms with Gasteiger partial charge in [-0.25, -0.2) is 0 Å². The van der Waals surface area contributed by atoms with Crippen molar-refractivity contribution in [3.05, 3.63) is 70.8 Å². The predicted molar refractivity (Wildman–Crippen MR) is 131 cm³/mol. The average molecular weight is 524 g/mol. The summed E-state index contributed by atoms with van der Waals surface area (Å²) in [5.41, 5.74) is 2.44. The van der Waals surface area contributed by atoms with Crippen molar-refractivity contribution in [2.45, 2.75) is 38.4 Å². The Morgan fingerprint density at radius 2 is 1.74 bits per heavy atom. The number of likely N-dealkylation sites (tertiary alicyclic amines) is 1. The Kier molecular flexibility index (Phi) is 5.50. The van der Waals surface area contributed by atoms with Crippen LogP contribution in [-0.2, 0) is 29.4 Å². The number of carboxylic acid groups (broad SMARTS) is 1. The highest BCUT2D eigenvalue weighted by atomic mass is 19.4. The van der Waals surface area contributed by atoms with Crippen LogP contribution in [0.25, 0.3) is 34.0 Å². The van der Waals surface area contributed by atoms with E-state index in [0.717, 1.165) is 16.7 Å². The van der Waals surface area contributed by atoms with Gasteiger partial charge in [0.25, 0.3) is 0 Å². The molecule has 6 rings (SSSR count). The fraction of sp³-hybridized carbons (Fsp3) is 0.321. The van der Waals surface area contributed by atoms with E-state index in [9.17, 15) is 18.0 Å². The van der Waals surface area contributed by atoms with Crippen LogP contribution in [0.15, 0.2) is 57.6 Å². The molecule has 10 heteroatoms. The Morgan fingerprint density at radius 1 is 1.05 bits per heavy atom. The first kappa shape index (κ1) is 24.4. The van der Waals surface area contributed by atoms with E-state index in [2.05, 4.69) is 21.3 Å². The molecule has 7 nitrogen and oxygen atoms in total. The van der Waals surface area contributed by atoms with Crippen LogP contribution >= 0.6 is 0 Å². The Bertz CT molecular complexity index is 1530. The summed E-state index contributed by atoms with van der Waals surface area (Å²) in [6.45, 7) is 5.70. The van der Waals surface area contributed by atoms with Gasteiger partial charge in [-0.05, 0) is 23.0 Å². The molecule has 2 aliphatic rings. The molecule has 0 saturated carbocycles. The minimum Gasteiger partial charge on any atom is -0.481 e. The number of rotatable bonds is 5. The number of carbonyl (C=O) groups is 1. The van der Waals surface area contributed by atoms with Crippen LogP contribution in [0.5, 0.6) is 0 Å². The molecule has 0 amide bonds. The van der Waals surface area contributed by atoms with Crippen LogP contribution in [0, 0.1) is 5.92 Å². The number of halogens is 3.